The second-order valence-electron chi connectivity index (χ2n) is 3.77. The molecule has 0 saturated carbocycles. The van der Waals surface area contributed by atoms with E-state index >= 15 is 0 Å². The lowest BCUT2D eigenvalue weighted by molar-refractivity contribution is 0.915. The van der Waals surface area contributed by atoms with E-state index in [1.54, 1.807) is 0 Å². The van der Waals surface area contributed by atoms with Crippen molar-refractivity contribution in [3.8, 4) is 11.3 Å². The van der Waals surface area contributed by atoms with Crippen LogP contribution in [0.4, 0.5) is 5.82 Å². The van der Waals surface area contributed by atoms with Gasteiger partial charge in [-0.3, -0.25) is 0 Å². The molecule has 0 saturated heterocycles. The summed E-state index contributed by atoms with van der Waals surface area (Å²) >= 11 is 3.47. The molecule has 1 heterocycles. The Morgan fingerprint density at radius 1 is 1.18 bits per heavy atom. The van der Waals surface area contributed by atoms with Crippen molar-refractivity contribution in [2.24, 2.45) is 0 Å². The van der Waals surface area contributed by atoms with E-state index in [-0.39, 0.29) is 0 Å². The molecular formula is C12H13BrN4. The normalized spacial score (nSPS) is 10.4. The first-order valence-electron chi connectivity index (χ1n) is 5.27. The molecule has 5 heteroatoms. The first kappa shape index (κ1) is 12.0. The van der Waals surface area contributed by atoms with E-state index in [9.17, 15) is 0 Å². The van der Waals surface area contributed by atoms with Gasteiger partial charge in [-0.1, -0.05) is 22.0 Å². The van der Waals surface area contributed by atoms with Crippen molar-refractivity contribution in [3.63, 3.8) is 0 Å². The van der Waals surface area contributed by atoms with E-state index in [1.165, 1.54) is 0 Å². The van der Waals surface area contributed by atoms with Gasteiger partial charge < -0.3 is 5.32 Å². The Morgan fingerprint density at radius 2 is 1.94 bits per heavy atom. The first-order valence-corrected chi connectivity index (χ1v) is 6.06. The molecule has 0 spiro atoms. The molecular weight excluding hydrogens is 280 g/mol. The van der Waals surface area contributed by atoms with E-state index in [0.29, 0.717) is 5.82 Å². The summed E-state index contributed by atoms with van der Waals surface area (Å²) in [6, 6.07) is 6.07. The SMILES string of the molecule is CNc1nc(C)nnc1-c1cc(Br)ccc1C. The van der Waals surface area contributed by atoms with Crippen LogP contribution in [0.3, 0.4) is 0 Å². The zero-order valence-corrected chi connectivity index (χ0v) is 11.5. The van der Waals surface area contributed by atoms with E-state index in [2.05, 4.69) is 36.4 Å². The van der Waals surface area contributed by atoms with Gasteiger partial charge in [0.1, 0.15) is 11.5 Å². The lowest BCUT2D eigenvalue weighted by Gasteiger charge is -2.09. The Labute approximate surface area is 109 Å². The highest BCUT2D eigenvalue weighted by Gasteiger charge is 2.11. The summed E-state index contributed by atoms with van der Waals surface area (Å²) in [4.78, 5) is 4.34. The van der Waals surface area contributed by atoms with Gasteiger partial charge in [0, 0.05) is 17.1 Å². The zero-order chi connectivity index (χ0) is 12.4. The minimum atomic E-state index is 0.658. The molecule has 1 aromatic carbocycles. The quantitative estimate of drug-likeness (QED) is 0.925. The summed E-state index contributed by atoms with van der Waals surface area (Å²) in [7, 11) is 1.83. The van der Waals surface area contributed by atoms with Gasteiger partial charge in [-0.05, 0) is 31.5 Å². The van der Waals surface area contributed by atoms with E-state index in [1.807, 2.05) is 39.1 Å². The van der Waals surface area contributed by atoms with Crippen LogP contribution in [0.5, 0.6) is 0 Å². The summed E-state index contributed by atoms with van der Waals surface area (Å²) in [6.07, 6.45) is 0. The Hall–Kier alpha value is -1.49. The van der Waals surface area contributed by atoms with Crippen molar-refractivity contribution in [2.75, 3.05) is 12.4 Å². The van der Waals surface area contributed by atoms with Crippen LogP contribution in [0, 0.1) is 13.8 Å². The summed E-state index contributed by atoms with van der Waals surface area (Å²) in [5, 5.41) is 11.3. The van der Waals surface area contributed by atoms with E-state index in [0.717, 1.165) is 27.1 Å². The fourth-order valence-corrected chi connectivity index (χ4v) is 1.97. The Balaban J connectivity index is 2.63. The number of anilines is 1. The number of nitrogens with one attached hydrogen (secondary N) is 1. The van der Waals surface area contributed by atoms with Crippen molar-refractivity contribution in [1.82, 2.24) is 15.2 Å². The molecule has 1 N–H and O–H groups in total. The molecule has 1 aromatic heterocycles. The molecule has 0 aliphatic rings. The third kappa shape index (κ3) is 2.44. The van der Waals surface area contributed by atoms with Crippen LogP contribution in [0.15, 0.2) is 22.7 Å². The first-order chi connectivity index (χ1) is 8.11. The van der Waals surface area contributed by atoms with Crippen molar-refractivity contribution in [2.45, 2.75) is 13.8 Å². The molecule has 0 fully saturated rings. The average molecular weight is 293 g/mol. The van der Waals surface area contributed by atoms with Crippen LogP contribution >= 0.6 is 15.9 Å². The van der Waals surface area contributed by atoms with E-state index < -0.39 is 0 Å². The fraction of sp³-hybridized carbons (Fsp3) is 0.250. The number of aryl methyl sites for hydroxylation is 2. The van der Waals surface area contributed by atoms with E-state index in [4.69, 9.17) is 0 Å². The van der Waals surface area contributed by atoms with Gasteiger partial charge in [0.2, 0.25) is 0 Å². The van der Waals surface area contributed by atoms with Gasteiger partial charge in [-0.15, -0.1) is 10.2 Å². The highest BCUT2D eigenvalue weighted by molar-refractivity contribution is 9.10. The number of aromatic nitrogens is 3. The highest BCUT2D eigenvalue weighted by Crippen LogP contribution is 2.28. The molecule has 0 aliphatic heterocycles. The maximum absolute atomic E-state index is 4.34. The largest absolute Gasteiger partial charge is 0.371 e. The molecule has 4 nitrogen and oxygen atoms in total. The van der Waals surface area contributed by atoms with Crippen LogP contribution in [0.2, 0.25) is 0 Å². The smallest absolute Gasteiger partial charge is 0.156 e. The molecule has 0 aliphatic carbocycles. The molecule has 88 valence electrons. The molecule has 2 aromatic rings. The summed E-state index contributed by atoms with van der Waals surface area (Å²) < 4.78 is 1.02. The second kappa shape index (κ2) is 4.79. The number of halogens is 1. The topological polar surface area (TPSA) is 50.7 Å². The summed E-state index contributed by atoms with van der Waals surface area (Å²) in [5.74, 6) is 1.41. The van der Waals surface area contributed by atoms with Gasteiger partial charge in [0.15, 0.2) is 5.82 Å². The lowest BCUT2D eigenvalue weighted by Crippen LogP contribution is -2.03. The average Bonchev–Trinajstić information content (AvgIpc) is 2.32. The number of nitrogens with zero attached hydrogens (tertiary/aromatic N) is 3. The standard InChI is InChI=1S/C12H13BrN4/c1-7-4-5-9(13)6-10(7)11-12(14-3)15-8(2)16-17-11/h4-6H,1-3H3,(H,14,15,16). The molecule has 0 unspecified atom stereocenters. The predicted molar refractivity (Wildman–Crippen MR) is 72.0 cm³/mol. The fourth-order valence-electron chi connectivity index (χ4n) is 1.61. The molecule has 0 amide bonds. The minimum Gasteiger partial charge on any atom is -0.371 e. The maximum Gasteiger partial charge on any atom is 0.156 e. The van der Waals surface area contributed by atoms with Crippen molar-refractivity contribution < 1.29 is 0 Å². The lowest BCUT2D eigenvalue weighted by atomic mass is 10.1. The number of rotatable bonds is 2. The monoisotopic (exact) mass is 292 g/mol. The van der Waals surface area contributed by atoms with Crippen LogP contribution in [-0.4, -0.2) is 22.2 Å². The highest BCUT2D eigenvalue weighted by atomic mass is 79.9. The van der Waals surface area contributed by atoms with Gasteiger partial charge >= 0.3 is 0 Å². The van der Waals surface area contributed by atoms with Crippen molar-refractivity contribution in [3.05, 3.63) is 34.1 Å². The molecule has 17 heavy (non-hydrogen) atoms. The Kier molecular flexibility index (Phi) is 3.38. The number of hydrogen-bond acceptors (Lipinski definition) is 4. The van der Waals surface area contributed by atoms with Crippen molar-refractivity contribution in [1.29, 1.82) is 0 Å². The molecule has 0 radical (unpaired) electrons. The number of benzene rings is 1. The predicted octanol–water partition coefficient (Wildman–Crippen LogP) is 2.96. The third-order valence-corrected chi connectivity index (χ3v) is 2.98. The Morgan fingerprint density at radius 3 is 2.65 bits per heavy atom. The van der Waals surface area contributed by atoms with Crippen LogP contribution in [0.25, 0.3) is 11.3 Å². The molecule has 0 atom stereocenters. The zero-order valence-electron chi connectivity index (χ0n) is 9.95. The van der Waals surface area contributed by atoms with Crippen molar-refractivity contribution >= 4 is 21.7 Å². The van der Waals surface area contributed by atoms with Gasteiger partial charge in [-0.2, -0.15) is 0 Å². The Bertz CT molecular complexity index is 554. The molecule has 2 rings (SSSR count). The second-order valence-corrected chi connectivity index (χ2v) is 4.68. The van der Waals surface area contributed by atoms with Gasteiger partial charge in [0.05, 0.1) is 0 Å². The molecule has 0 bridgehead atoms. The summed E-state index contributed by atoms with van der Waals surface area (Å²) in [5.41, 5.74) is 2.95. The minimum absolute atomic E-state index is 0.658. The number of hydrogen-bond donors (Lipinski definition) is 1. The van der Waals surface area contributed by atoms with Gasteiger partial charge in [0.25, 0.3) is 0 Å². The van der Waals surface area contributed by atoms with Crippen LogP contribution in [0.1, 0.15) is 11.4 Å². The maximum atomic E-state index is 4.34. The van der Waals surface area contributed by atoms with Gasteiger partial charge in [-0.25, -0.2) is 4.98 Å². The summed E-state index contributed by atoms with van der Waals surface area (Å²) in [6.45, 7) is 3.87. The third-order valence-electron chi connectivity index (χ3n) is 2.48. The van der Waals surface area contributed by atoms with Crippen LogP contribution < -0.4 is 5.32 Å². The van der Waals surface area contributed by atoms with Crippen LogP contribution in [-0.2, 0) is 0 Å².